The van der Waals surface area contributed by atoms with E-state index in [9.17, 15) is 0 Å². The summed E-state index contributed by atoms with van der Waals surface area (Å²) in [6.07, 6.45) is 9.35. The molecule has 0 saturated carbocycles. The third-order valence-electron chi connectivity index (χ3n) is 2.42. The minimum atomic E-state index is 0.123. The van der Waals surface area contributed by atoms with Crippen molar-refractivity contribution in [3.8, 4) is 0 Å². The zero-order valence-corrected chi connectivity index (χ0v) is 11.4. The lowest BCUT2D eigenvalue weighted by molar-refractivity contribution is 0.282. The second-order valence-corrected chi connectivity index (χ2v) is 3.80. The fourth-order valence-electron chi connectivity index (χ4n) is 1.53. The van der Waals surface area contributed by atoms with Gasteiger partial charge in [0, 0.05) is 0 Å². The minimum Gasteiger partial charge on any atom is -0.392 e. The summed E-state index contributed by atoms with van der Waals surface area (Å²) < 4.78 is 0. The number of allylic oxidation sites excluding steroid dienone is 1. The van der Waals surface area contributed by atoms with Crippen LogP contribution in [0.25, 0.3) is 6.08 Å². The lowest BCUT2D eigenvalue weighted by Crippen LogP contribution is -1.82. The van der Waals surface area contributed by atoms with Gasteiger partial charge in [-0.25, -0.2) is 0 Å². The van der Waals surface area contributed by atoms with Gasteiger partial charge in [-0.15, -0.1) is 0 Å². The van der Waals surface area contributed by atoms with E-state index < -0.39 is 0 Å². The number of unbranched alkanes of at least 4 members (excludes halogenated alkanes) is 3. The maximum Gasteiger partial charge on any atom is 0.0682 e. The Morgan fingerprint density at radius 2 is 1.94 bits per heavy atom. The molecular formula is C16H26O. The quantitative estimate of drug-likeness (QED) is 0.701. The van der Waals surface area contributed by atoms with Crippen LogP contribution in [-0.2, 0) is 6.61 Å². The van der Waals surface area contributed by atoms with E-state index in [4.69, 9.17) is 5.11 Å². The van der Waals surface area contributed by atoms with Crippen molar-refractivity contribution in [1.82, 2.24) is 0 Å². The Morgan fingerprint density at radius 1 is 1.18 bits per heavy atom. The predicted molar refractivity (Wildman–Crippen MR) is 76.9 cm³/mol. The van der Waals surface area contributed by atoms with Crippen LogP contribution in [0.1, 0.15) is 57.6 Å². The molecule has 0 saturated heterocycles. The number of rotatable bonds is 6. The molecule has 1 nitrogen and oxygen atoms in total. The molecule has 1 rings (SSSR count). The maximum absolute atomic E-state index is 8.98. The number of benzene rings is 1. The molecule has 1 heteroatoms. The monoisotopic (exact) mass is 234 g/mol. The average Bonchev–Trinajstić information content (AvgIpc) is 2.41. The normalized spacial score (nSPS) is 10.1. The van der Waals surface area contributed by atoms with Crippen molar-refractivity contribution in [2.45, 2.75) is 53.1 Å². The molecule has 0 unspecified atom stereocenters. The van der Waals surface area contributed by atoms with E-state index in [0.717, 1.165) is 12.0 Å². The van der Waals surface area contributed by atoms with E-state index in [1.165, 1.54) is 24.8 Å². The summed E-state index contributed by atoms with van der Waals surface area (Å²) in [6.45, 7) is 6.34. The zero-order valence-electron chi connectivity index (χ0n) is 11.4. The Morgan fingerprint density at radius 3 is 2.59 bits per heavy atom. The molecule has 1 N–H and O–H groups in total. The first kappa shape index (κ1) is 15.9. The van der Waals surface area contributed by atoms with Crippen LogP contribution in [0.15, 0.2) is 30.3 Å². The average molecular weight is 234 g/mol. The van der Waals surface area contributed by atoms with Crippen LogP contribution >= 0.6 is 0 Å². The third kappa shape index (κ3) is 7.76. The van der Waals surface area contributed by atoms with Crippen molar-refractivity contribution in [2.75, 3.05) is 0 Å². The Labute approximate surface area is 106 Å². The molecular weight excluding hydrogens is 208 g/mol. The minimum absolute atomic E-state index is 0.123. The topological polar surface area (TPSA) is 20.2 Å². The molecule has 0 aliphatic carbocycles. The molecule has 0 bridgehead atoms. The molecule has 0 heterocycles. The SMILES string of the molecule is CC.CCCCC/C=C/c1cccc(CO)c1. The van der Waals surface area contributed by atoms with E-state index in [1.807, 2.05) is 32.0 Å². The van der Waals surface area contributed by atoms with Crippen LogP contribution in [0, 0.1) is 0 Å². The van der Waals surface area contributed by atoms with Crippen LogP contribution in [0.5, 0.6) is 0 Å². The molecule has 17 heavy (non-hydrogen) atoms. The van der Waals surface area contributed by atoms with Crippen LogP contribution in [0.3, 0.4) is 0 Å². The highest BCUT2D eigenvalue weighted by Gasteiger charge is 1.90. The van der Waals surface area contributed by atoms with E-state index in [1.54, 1.807) is 0 Å². The van der Waals surface area contributed by atoms with Crippen molar-refractivity contribution in [2.24, 2.45) is 0 Å². The van der Waals surface area contributed by atoms with E-state index >= 15 is 0 Å². The third-order valence-corrected chi connectivity index (χ3v) is 2.42. The highest BCUT2D eigenvalue weighted by molar-refractivity contribution is 5.50. The lowest BCUT2D eigenvalue weighted by atomic mass is 10.1. The lowest BCUT2D eigenvalue weighted by Gasteiger charge is -1.98. The molecule has 0 amide bonds. The first-order chi connectivity index (χ1) is 8.36. The van der Waals surface area contributed by atoms with Gasteiger partial charge < -0.3 is 5.11 Å². The summed E-state index contributed by atoms with van der Waals surface area (Å²) in [7, 11) is 0. The summed E-state index contributed by atoms with van der Waals surface area (Å²) in [5.41, 5.74) is 2.16. The second kappa shape index (κ2) is 11.4. The van der Waals surface area contributed by atoms with Gasteiger partial charge in [0.15, 0.2) is 0 Å². The van der Waals surface area contributed by atoms with Gasteiger partial charge in [0.2, 0.25) is 0 Å². The van der Waals surface area contributed by atoms with Crippen molar-refractivity contribution >= 4 is 6.08 Å². The molecule has 0 radical (unpaired) electrons. The van der Waals surface area contributed by atoms with Gasteiger partial charge in [-0.3, -0.25) is 0 Å². The fraction of sp³-hybridized carbons (Fsp3) is 0.500. The zero-order chi connectivity index (χ0) is 12.9. The molecule has 0 spiro atoms. The maximum atomic E-state index is 8.98. The number of hydrogen-bond acceptors (Lipinski definition) is 1. The van der Waals surface area contributed by atoms with Crippen molar-refractivity contribution in [1.29, 1.82) is 0 Å². The Hall–Kier alpha value is -1.08. The van der Waals surface area contributed by atoms with Gasteiger partial charge in [0.25, 0.3) is 0 Å². The Balaban J connectivity index is 0.00000121. The fourth-order valence-corrected chi connectivity index (χ4v) is 1.53. The highest BCUT2D eigenvalue weighted by Crippen LogP contribution is 2.08. The van der Waals surface area contributed by atoms with Crippen LogP contribution in [0.4, 0.5) is 0 Å². The van der Waals surface area contributed by atoms with Gasteiger partial charge in [-0.2, -0.15) is 0 Å². The number of hydrogen-bond donors (Lipinski definition) is 1. The van der Waals surface area contributed by atoms with Crippen LogP contribution in [-0.4, -0.2) is 5.11 Å². The van der Waals surface area contributed by atoms with Crippen LogP contribution in [0.2, 0.25) is 0 Å². The number of aliphatic hydroxyl groups excluding tert-OH is 1. The standard InChI is InChI=1S/C14H20O.C2H6/c1-2-3-4-5-6-8-13-9-7-10-14(11-13)12-15;1-2/h6-11,15H,2-5,12H2,1H3;1-2H3/b8-6+;. The smallest absolute Gasteiger partial charge is 0.0682 e. The van der Waals surface area contributed by atoms with Gasteiger partial charge in [0.1, 0.15) is 0 Å². The molecule has 0 aliphatic rings. The Kier molecular flexibility index (Phi) is 10.7. The largest absolute Gasteiger partial charge is 0.392 e. The summed E-state index contributed by atoms with van der Waals surface area (Å²) in [6, 6.07) is 8.01. The van der Waals surface area contributed by atoms with Crippen LogP contribution < -0.4 is 0 Å². The first-order valence-electron chi connectivity index (χ1n) is 6.73. The first-order valence-corrected chi connectivity index (χ1v) is 6.73. The molecule has 96 valence electrons. The molecule has 0 aromatic heterocycles. The van der Waals surface area contributed by atoms with Crippen molar-refractivity contribution in [3.05, 3.63) is 41.5 Å². The second-order valence-electron chi connectivity index (χ2n) is 3.80. The van der Waals surface area contributed by atoms with Crippen molar-refractivity contribution in [3.63, 3.8) is 0 Å². The summed E-state index contributed by atoms with van der Waals surface area (Å²) in [5.74, 6) is 0. The molecule has 1 aromatic rings. The number of aliphatic hydroxyl groups is 1. The predicted octanol–water partition coefficient (Wildman–Crippen LogP) is 4.80. The van der Waals surface area contributed by atoms with Gasteiger partial charge in [-0.05, 0) is 30.0 Å². The van der Waals surface area contributed by atoms with Crippen molar-refractivity contribution < 1.29 is 5.11 Å². The van der Waals surface area contributed by atoms with E-state index in [0.29, 0.717) is 0 Å². The molecule has 0 aliphatic heterocycles. The van der Waals surface area contributed by atoms with Gasteiger partial charge >= 0.3 is 0 Å². The summed E-state index contributed by atoms with van der Waals surface area (Å²) in [5, 5.41) is 8.98. The Bertz CT molecular complexity index is 302. The molecule has 0 fully saturated rings. The molecule has 1 aromatic carbocycles. The summed E-state index contributed by atoms with van der Waals surface area (Å²) in [4.78, 5) is 0. The molecule has 0 atom stereocenters. The summed E-state index contributed by atoms with van der Waals surface area (Å²) >= 11 is 0. The van der Waals surface area contributed by atoms with Gasteiger partial charge in [-0.1, -0.05) is 64.0 Å². The van der Waals surface area contributed by atoms with Gasteiger partial charge in [0.05, 0.1) is 6.61 Å². The van der Waals surface area contributed by atoms with E-state index in [-0.39, 0.29) is 6.61 Å². The highest BCUT2D eigenvalue weighted by atomic mass is 16.3. The van der Waals surface area contributed by atoms with E-state index in [2.05, 4.69) is 25.1 Å².